The lowest BCUT2D eigenvalue weighted by molar-refractivity contribution is 0.397. The Morgan fingerprint density at radius 2 is 1.45 bits per heavy atom. The molecule has 0 saturated carbocycles. The van der Waals surface area contributed by atoms with E-state index in [0.29, 0.717) is 61.3 Å². The zero-order valence-corrected chi connectivity index (χ0v) is 29.8. The van der Waals surface area contributed by atoms with Gasteiger partial charge >= 0.3 is 0 Å². The predicted octanol–water partition coefficient (Wildman–Crippen LogP) is 8.61. The van der Waals surface area contributed by atoms with Crippen LogP contribution >= 0.6 is 0 Å². The molecule has 2 aliphatic rings. The van der Waals surface area contributed by atoms with Gasteiger partial charge in [-0.3, -0.25) is 8.74 Å². The van der Waals surface area contributed by atoms with Gasteiger partial charge in [-0.15, -0.1) is 0 Å². The molecule has 4 aromatic rings. The zero-order chi connectivity index (χ0) is 35.4. The summed E-state index contributed by atoms with van der Waals surface area (Å²) >= 11 is 0. The van der Waals surface area contributed by atoms with Crippen molar-refractivity contribution in [1.82, 2.24) is 0 Å². The molecule has 9 nitrogen and oxygen atoms in total. The van der Waals surface area contributed by atoms with Crippen LogP contribution in [-0.4, -0.2) is 28.5 Å². The first-order valence-corrected chi connectivity index (χ1v) is 18.3. The van der Waals surface area contributed by atoms with Crippen LogP contribution in [0.1, 0.15) is 33.4 Å². The number of anilines is 2. The fraction of sp³-hybridized carbons (Fsp3) is 0.184. The lowest BCUT2D eigenvalue weighted by Crippen LogP contribution is -2.10. The number of benzene rings is 5. The van der Waals surface area contributed by atoms with Crippen LogP contribution in [0.25, 0.3) is 33.4 Å². The molecule has 0 spiro atoms. The number of nitrogens with one attached hydrogen (secondary N) is 1. The highest BCUT2D eigenvalue weighted by atomic mass is 32.2. The molecule has 0 radical (unpaired) electrons. The molecule has 49 heavy (non-hydrogen) atoms. The molecular weight excluding hydrogens is 661 g/mol. The lowest BCUT2D eigenvalue weighted by Gasteiger charge is -2.20. The highest BCUT2D eigenvalue weighted by Crippen LogP contribution is 2.43. The fourth-order valence-electron chi connectivity index (χ4n) is 6.66. The summed E-state index contributed by atoms with van der Waals surface area (Å²) in [4.78, 5) is 4.80. The maximum atomic E-state index is 12.8. The monoisotopic (exact) mass is 696 g/mol. The SMILES string of the molecule is COS(=O)(=O)c1c(C)cc(C)c(Nc2ccc3c(-c4ccccc4S(=O)(=O)O)c4ccc(=Nc5c(C)cc(C)cc5C)cc-4oc3c2)c1C. The largest absolute Gasteiger partial charge is 0.456 e. The van der Waals surface area contributed by atoms with E-state index in [1.54, 1.807) is 56.3 Å². The zero-order valence-electron chi connectivity index (χ0n) is 28.2. The van der Waals surface area contributed by atoms with Gasteiger partial charge in [0.2, 0.25) is 0 Å². The summed E-state index contributed by atoms with van der Waals surface area (Å²) in [5.41, 5.74) is 9.10. The predicted molar refractivity (Wildman–Crippen MR) is 192 cm³/mol. The van der Waals surface area contributed by atoms with E-state index in [2.05, 4.69) is 17.4 Å². The van der Waals surface area contributed by atoms with Gasteiger partial charge in [0.1, 0.15) is 21.1 Å². The molecule has 1 heterocycles. The van der Waals surface area contributed by atoms with Crippen molar-refractivity contribution in [1.29, 1.82) is 0 Å². The summed E-state index contributed by atoms with van der Waals surface area (Å²) in [7, 11) is -7.42. The molecule has 6 rings (SSSR count). The minimum absolute atomic E-state index is 0.0963. The van der Waals surface area contributed by atoms with Crippen LogP contribution < -0.4 is 10.7 Å². The van der Waals surface area contributed by atoms with E-state index in [0.717, 1.165) is 35.1 Å². The second kappa shape index (κ2) is 12.6. The van der Waals surface area contributed by atoms with E-state index in [9.17, 15) is 21.4 Å². The Kier molecular flexibility index (Phi) is 8.74. The maximum Gasteiger partial charge on any atom is 0.297 e. The number of fused-ring (bicyclic) bond motifs is 2. The van der Waals surface area contributed by atoms with Crippen LogP contribution in [0.3, 0.4) is 0 Å². The van der Waals surface area contributed by atoms with Gasteiger partial charge in [-0.1, -0.05) is 42.0 Å². The van der Waals surface area contributed by atoms with Crippen molar-refractivity contribution in [3.8, 4) is 22.5 Å². The number of nitrogens with zero attached hydrogens (tertiary/aromatic N) is 1. The van der Waals surface area contributed by atoms with Crippen molar-refractivity contribution < 1.29 is 30.0 Å². The van der Waals surface area contributed by atoms with Crippen molar-refractivity contribution in [2.24, 2.45) is 4.99 Å². The number of rotatable bonds is 7. The van der Waals surface area contributed by atoms with Crippen molar-refractivity contribution in [3.05, 3.63) is 118 Å². The first-order chi connectivity index (χ1) is 23.1. The average molecular weight is 697 g/mol. The van der Waals surface area contributed by atoms with Gasteiger partial charge in [0, 0.05) is 45.6 Å². The summed E-state index contributed by atoms with van der Waals surface area (Å²) in [6, 6.07) is 23.1. The van der Waals surface area contributed by atoms with Crippen molar-refractivity contribution in [2.45, 2.75) is 51.3 Å². The van der Waals surface area contributed by atoms with Crippen molar-refractivity contribution >= 4 is 48.3 Å². The van der Waals surface area contributed by atoms with E-state index >= 15 is 0 Å². The van der Waals surface area contributed by atoms with Crippen LogP contribution in [0.4, 0.5) is 17.1 Å². The molecule has 0 amide bonds. The molecular formula is C38H36N2O7S2. The van der Waals surface area contributed by atoms with E-state index in [1.807, 2.05) is 45.9 Å². The van der Waals surface area contributed by atoms with Crippen LogP contribution in [-0.2, 0) is 24.4 Å². The third-order valence-electron chi connectivity index (χ3n) is 8.66. The minimum atomic E-state index is -4.58. The Labute approximate surface area is 286 Å². The maximum absolute atomic E-state index is 12.8. The molecule has 0 bridgehead atoms. The fourth-order valence-corrected chi connectivity index (χ4v) is 8.46. The second-order valence-corrected chi connectivity index (χ2v) is 15.3. The van der Waals surface area contributed by atoms with Crippen LogP contribution in [0, 0.1) is 41.5 Å². The van der Waals surface area contributed by atoms with Gasteiger partial charge in [-0.25, -0.2) is 4.99 Å². The van der Waals surface area contributed by atoms with E-state index < -0.39 is 20.2 Å². The summed E-state index contributed by atoms with van der Waals surface area (Å²) in [5, 5.41) is 4.61. The molecule has 0 unspecified atom stereocenters. The topological polar surface area (TPSA) is 135 Å². The Balaban J connectivity index is 1.61. The van der Waals surface area contributed by atoms with Gasteiger partial charge in [0.25, 0.3) is 20.2 Å². The van der Waals surface area contributed by atoms with E-state index in [1.165, 1.54) is 6.07 Å². The van der Waals surface area contributed by atoms with Crippen LogP contribution in [0.5, 0.6) is 0 Å². The summed E-state index contributed by atoms with van der Waals surface area (Å²) in [6.45, 7) is 11.4. The second-order valence-electron chi connectivity index (χ2n) is 12.3. The average Bonchev–Trinajstić information content (AvgIpc) is 3.02. The first kappa shape index (κ1) is 34.1. The third-order valence-corrected chi connectivity index (χ3v) is 11.1. The van der Waals surface area contributed by atoms with Crippen molar-refractivity contribution in [2.75, 3.05) is 12.4 Å². The molecule has 0 fully saturated rings. The standard InChI is InChI=1S/C38H36N2O7S2/c1-21-16-22(2)36(23(3)17-21)39-27-12-14-29-32(19-27)47-33-20-28(40-37-24(4)18-25(5)38(26(37)6)49(44,45)46-7)13-15-30(33)35(29)31-10-8-9-11-34(31)48(41,42)43/h8-20,40H,1-7H3,(H,41,42,43). The lowest BCUT2D eigenvalue weighted by atomic mass is 9.93. The third kappa shape index (κ3) is 6.38. The molecule has 1 aliphatic carbocycles. The molecule has 4 aromatic carbocycles. The van der Waals surface area contributed by atoms with Gasteiger partial charge in [-0.2, -0.15) is 16.8 Å². The molecule has 0 aromatic heterocycles. The Morgan fingerprint density at radius 3 is 2.12 bits per heavy atom. The Bertz CT molecular complexity index is 2550. The van der Waals surface area contributed by atoms with E-state index in [-0.39, 0.29) is 9.79 Å². The minimum Gasteiger partial charge on any atom is -0.456 e. The molecule has 0 saturated heterocycles. The van der Waals surface area contributed by atoms with Crippen molar-refractivity contribution in [3.63, 3.8) is 0 Å². The summed E-state index contributed by atoms with van der Waals surface area (Å²) < 4.78 is 72.3. The first-order valence-electron chi connectivity index (χ1n) is 15.5. The molecule has 11 heteroatoms. The number of hydrogen-bond acceptors (Lipinski definition) is 8. The molecule has 252 valence electrons. The summed E-state index contributed by atoms with van der Waals surface area (Å²) in [6.07, 6.45) is 0. The molecule has 1 aliphatic heterocycles. The van der Waals surface area contributed by atoms with Crippen LogP contribution in [0.15, 0.2) is 98.1 Å². The number of hydrogen-bond donors (Lipinski definition) is 2. The van der Waals surface area contributed by atoms with Gasteiger partial charge < -0.3 is 9.73 Å². The number of aryl methyl sites for hydroxylation is 5. The smallest absolute Gasteiger partial charge is 0.297 e. The summed E-state index contributed by atoms with van der Waals surface area (Å²) in [5.74, 6) is 0.449. The normalized spacial score (nSPS) is 12.6. The molecule has 0 atom stereocenters. The van der Waals surface area contributed by atoms with Gasteiger partial charge in [0.15, 0.2) is 0 Å². The Hall–Kier alpha value is -4.81. The quantitative estimate of drug-likeness (QED) is 0.0963. The van der Waals surface area contributed by atoms with Gasteiger partial charge in [-0.05, 0) is 99.7 Å². The van der Waals surface area contributed by atoms with Gasteiger partial charge in [0.05, 0.1) is 18.2 Å². The molecule has 2 N–H and O–H groups in total. The highest BCUT2D eigenvalue weighted by Gasteiger charge is 2.25. The van der Waals surface area contributed by atoms with E-state index in [4.69, 9.17) is 13.6 Å². The highest BCUT2D eigenvalue weighted by molar-refractivity contribution is 7.87. The Morgan fingerprint density at radius 1 is 0.755 bits per heavy atom. The van der Waals surface area contributed by atoms with Crippen LogP contribution in [0.2, 0.25) is 0 Å².